The van der Waals surface area contributed by atoms with Gasteiger partial charge in [-0.25, -0.2) is 9.97 Å². The zero-order valence-corrected chi connectivity index (χ0v) is 17.0. The number of anilines is 1. The third kappa shape index (κ3) is 3.47. The first-order chi connectivity index (χ1) is 13.8. The van der Waals surface area contributed by atoms with Crippen LogP contribution in [0.4, 0.5) is 5.82 Å². The highest BCUT2D eigenvalue weighted by Gasteiger charge is 2.53. The van der Waals surface area contributed by atoms with Crippen LogP contribution in [0.15, 0.2) is 36.8 Å². The molecule has 1 aliphatic heterocycles. The van der Waals surface area contributed by atoms with Crippen LogP contribution in [0.25, 0.3) is 11.0 Å². The third-order valence-corrected chi connectivity index (χ3v) is 5.81. The van der Waals surface area contributed by atoms with Crippen molar-refractivity contribution in [3.05, 3.63) is 52.9 Å². The standard InChI is InChI=1S/C20H24ClN5O3/c1-20(28)15(8-11-3-4-13(21)7-12(11)9-23-2)29-19(16(20)27)26-6-5-14-17(22)24-10-25-18(14)26/h3-7,10,15-16,19,23,27-28H,8-9H2,1-2H3,(H2,22,24,25)/t15-,16+,19?,20-/m1/s1. The number of halogens is 1. The highest BCUT2D eigenvalue weighted by atomic mass is 35.5. The van der Waals surface area contributed by atoms with Crippen molar-refractivity contribution in [2.45, 2.75) is 43.9 Å². The summed E-state index contributed by atoms with van der Waals surface area (Å²) in [5.74, 6) is 0.349. The van der Waals surface area contributed by atoms with Crippen molar-refractivity contribution in [3.63, 3.8) is 0 Å². The van der Waals surface area contributed by atoms with Gasteiger partial charge in [0.05, 0.1) is 11.5 Å². The average Bonchev–Trinajstić information content (AvgIpc) is 3.19. The average molecular weight is 418 g/mol. The van der Waals surface area contributed by atoms with Crippen LogP contribution in [0, 0.1) is 0 Å². The van der Waals surface area contributed by atoms with Gasteiger partial charge in [0, 0.05) is 24.2 Å². The molecular formula is C20H24ClN5O3. The number of aliphatic hydroxyl groups excluding tert-OH is 1. The molecule has 3 heterocycles. The normalized spacial score (nSPS) is 27.0. The molecule has 1 aromatic carbocycles. The van der Waals surface area contributed by atoms with Gasteiger partial charge in [-0.05, 0) is 43.3 Å². The largest absolute Gasteiger partial charge is 0.385 e. The number of nitrogens with one attached hydrogen (secondary N) is 1. The van der Waals surface area contributed by atoms with E-state index in [2.05, 4.69) is 15.3 Å². The molecule has 0 amide bonds. The highest BCUT2D eigenvalue weighted by molar-refractivity contribution is 6.30. The first-order valence-corrected chi connectivity index (χ1v) is 9.75. The molecular weight excluding hydrogens is 394 g/mol. The molecule has 154 valence electrons. The second-order valence-electron chi connectivity index (χ2n) is 7.55. The van der Waals surface area contributed by atoms with Crippen LogP contribution < -0.4 is 11.1 Å². The molecule has 1 saturated heterocycles. The zero-order valence-electron chi connectivity index (χ0n) is 16.2. The molecule has 8 nitrogen and oxygen atoms in total. The lowest BCUT2D eigenvalue weighted by Gasteiger charge is -2.27. The highest BCUT2D eigenvalue weighted by Crippen LogP contribution is 2.40. The minimum atomic E-state index is -1.46. The molecule has 5 N–H and O–H groups in total. The van der Waals surface area contributed by atoms with E-state index in [1.807, 2.05) is 25.2 Å². The lowest BCUT2D eigenvalue weighted by atomic mass is 9.89. The first kappa shape index (κ1) is 20.1. The van der Waals surface area contributed by atoms with Crippen molar-refractivity contribution in [1.29, 1.82) is 0 Å². The Kier molecular flexibility index (Phi) is 5.22. The number of aromatic nitrogens is 3. The topological polar surface area (TPSA) is 118 Å². The van der Waals surface area contributed by atoms with E-state index in [1.54, 1.807) is 23.8 Å². The quantitative estimate of drug-likeness (QED) is 0.498. The maximum absolute atomic E-state index is 11.1. The summed E-state index contributed by atoms with van der Waals surface area (Å²) in [4.78, 5) is 8.25. The predicted octanol–water partition coefficient (Wildman–Crippen LogP) is 1.64. The van der Waals surface area contributed by atoms with Gasteiger partial charge in [0.2, 0.25) is 0 Å². The number of rotatable bonds is 5. The van der Waals surface area contributed by atoms with Crippen LogP contribution in [-0.2, 0) is 17.7 Å². The molecule has 0 aliphatic carbocycles. The first-order valence-electron chi connectivity index (χ1n) is 9.37. The second kappa shape index (κ2) is 7.55. The molecule has 1 fully saturated rings. The number of hydrogen-bond acceptors (Lipinski definition) is 7. The van der Waals surface area contributed by atoms with Crippen molar-refractivity contribution in [2.75, 3.05) is 12.8 Å². The van der Waals surface area contributed by atoms with Crippen molar-refractivity contribution in [3.8, 4) is 0 Å². The summed E-state index contributed by atoms with van der Waals surface area (Å²) in [7, 11) is 1.86. The number of aliphatic hydroxyl groups is 2. The minimum Gasteiger partial charge on any atom is -0.385 e. The number of ether oxygens (including phenoxy) is 1. The van der Waals surface area contributed by atoms with Gasteiger partial charge in [0.15, 0.2) is 6.23 Å². The SMILES string of the molecule is CNCc1cc(Cl)ccc1C[C@H]1OC(n2ccc3c(N)ncnc32)[C@H](O)[C@]1(C)O. The molecule has 0 spiro atoms. The number of nitrogens with zero attached hydrogens (tertiary/aromatic N) is 3. The van der Waals surface area contributed by atoms with Gasteiger partial charge >= 0.3 is 0 Å². The van der Waals surface area contributed by atoms with Crippen LogP contribution in [0.2, 0.25) is 5.02 Å². The van der Waals surface area contributed by atoms with E-state index in [0.29, 0.717) is 34.8 Å². The molecule has 0 radical (unpaired) electrons. The van der Waals surface area contributed by atoms with Crippen molar-refractivity contribution < 1.29 is 14.9 Å². The maximum atomic E-state index is 11.1. The van der Waals surface area contributed by atoms with Crippen LogP contribution in [0.3, 0.4) is 0 Å². The zero-order chi connectivity index (χ0) is 20.8. The fraction of sp³-hybridized carbons (Fsp3) is 0.400. The Morgan fingerprint density at radius 2 is 2.10 bits per heavy atom. The molecule has 29 heavy (non-hydrogen) atoms. The molecule has 4 atom stereocenters. The Labute approximate surface area is 173 Å². The van der Waals surface area contributed by atoms with E-state index >= 15 is 0 Å². The monoisotopic (exact) mass is 417 g/mol. The van der Waals surface area contributed by atoms with Gasteiger partial charge < -0.3 is 30.6 Å². The summed E-state index contributed by atoms with van der Waals surface area (Å²) in [5, 5.41) is 26.4. The number of nitrogen functional groups attached to an aromatic ring is 1. The molecule has 0 saturated carbocycles. The van der Waals surface area contributed by atoms with E-state index in [9.17, 15) is 10.2 Å². The number of hydrogen-bond donors (Lipinski definition) is 4. The van der Waals surface area contributed by atoms with Crippen LogP contribution >= 0.6 is 11.6 Å². The molecule has 2 aromatic heterocycles. The number of nitrogens with two attached hydrogens (primary N) is 1. The molecule has 1 aliphatic rings. The lowest BCUT2D eigenvalue weighted by molar-refractivity contribution is -0.0627. The smallest absolute Gasteiger partial charge is 0.164 e. The molecule has 4 rings (SSSR count). The van der Waals surface area contributed by atoms with E-state index in [-0.39, 0.29) is 0 Å². The Hall–Kier alpha value is -2.23. The Bertz CT molecular complexity index is 1040. The summed E-state index contributed by atoms with van der Waals surface area (Å²) < 4.78 is 7.84. The molecule has 0 bridgehead atoms. The minimum absolute atomic E-state index is 0.349. The van der Waals surface area contributed by atoms with Crippen LogP contribution in [-0.4, -0.2) is 49.6 Å². The predicted molar refractivity (Wildman–Crippen MR) is 110 cm³/mol. The molecule has 9 heteroatoms. The van der Waals surface area contributed by atoms with Gasteiger partial charge in [0.1, 0.15) is 29.5 Å². The lowest BCUT2D eigenvalue weighted by Crippen LogP contribution is -2.45. The van der Waals surface area contributed by atoms with Gasteiger partial charge in [-0.3, -0.25) is 0 Å². The summed E-state index contributed by atoms with van der Waals surface area (Å²) in [6.07, 6.45) is 0.933. The van der Waals surface area contributed by atoms with Crippen molar-refractivity contribution in [1.82, 2.24) is 19.9 Å². The van der Waals surface area contributed by atoms with E-state index in [1.165, 1.54) is 6.33 Å². The van der Waals surface area contributed by atoms with E-state index in [0.717, 1.165) is 11.1 Å². The maximum Gasteiger partial charge on any atom is 0.164 e. The van der Waals surface area contributed by atoms with Gasteiger partial charge in [-0.2, -0.15) is 0 Å². The Morgan fingerprint density at radius 3 is 2.86 bits per heavy atom. The van der Waals surface area contributed by atoms with Crippen LogP contribution in [0.5, 0.6) is 0 Å². The number of fused-ring (bicyclic) bond motifs is 1. The Morgan fingerprint density at radius 1 is 1.31 bits per heavy atom. The summed E-state index contributed by atoms with van der Waals surface area (Å²) in [6.45, 7) is 2.22. The van der Waals surface area contributed by atoms with Gasteiger partial charge in [-0.15, -0.1) is 0 Å². The fourth-order valence-electron chi connectivity index (χ4n) is 3.88. The fourth-order valence-corrected chi connectivity index (χ4v) is 4.07. The summed E-state index contributed by atoms with van der Waals surface area (Å²) >= 11 is 6.13. The molecule has 1 unspecified atom stereocenters. The molecule has 3 aromatic rings. The van der Waals surface area contributed by atoms with Gasteiger partial charge in [-0.1, -0.05) is 17.7 Å². The van der Waals surface area contributed by atoms with Crippen molar-refractivity contribution in [2.24, 2.45) is 0 Å². The van der Waals surface area contributed by atoms with Gasteiger partial charge in [0.25, 0.3) is 0 Å². The van der Waals surface area contributed by atoms with Crippen LogP contribution in [0.1, 0.15) is 24.3 Å². The second-order valence-corrected chi connectivity index (χ2v) is 7.99. The van der Waals surface area contributed by atoms with E-state index < -0.39 is 24.0 Å². The number of benzene rings is 1. The summed E-state index contributed by atoms with van der Waals surface area (Å²) in [5.41, 5.74) is 7.00. The summed E-state index contributed by atoms with van der Waals surface area (Å²) in [6, 6.07) is 7.40. The van der Waals surface area contributed by atoms with Crippen molar-refractivity contribution >= 4 is 28.5 Å². The Balaban J connectivity index is 1.66. The third-order valence-electron chi connectivity index (χ3n) is 5.58. The van der Waals surface area contributed by atoms with E-state index in [4.69, 9.17) is 22.1 Å².